The summed E-state index contributed by atoms with van der Waals surface area (Å²) in [5.74, 6) is -3.96. The van der Waals surface area contributed by atoms with Crippen LogP contribution in [0.15, 0.2) is 17.1 Å². The molecule has 2 amide bonds. The molecule has 19 heteroatoms. The molecule has 7 N–H and O–H groups in total. The molecular weight excluding hydrogens is 506 g/mol. The summed E-state index contributed by atoms with van der Waals surface area (Å²) in [5, 5.41) is 20.3. The lowest BCUT2D eigenvalue weighted by molar-refractivity contribution is -0.139. The normalized spacial score (nSPS) is 28.3. The lowest BCUT2D eigenvalue weighted by Gasteiger charge is -2.25. The van der Waals surface area contributed by atoms with E-state index < -0.39 is 76.5 Å². The van der Waals surface area contributed by atoms with Gasteiger partial charge in [0.05, 0.1) is 13.2 Å². The fourth-order valence-corrected chi connectivity index (χ4v) is 5.25. The molecule has 17 nitrogen and oxygen atoms in total. The van der Waals surface area contributed by atoms with E-state index >= 15 is 0 Å². The first-order valence-corrected chi connectivity index (χ1v) is 12.8. The van der Waals surface area contributed by atoms with Gasteiger partial charge in [-0.3, -0.25) is 32.7 Å². The van der Waals surface area contributed by atoms with Gasteiger partial charge in [0, 0.05) is 19.0 Å². The van der Waals surface area contributed by atoms with Gasteiger partial charge in [-0.2, -0.15) is 4.98 Å². The lowest BCUT2D eigenvalue weighted by atomic mass is 10.1. The number of amides is 2. The number of nitrogens with two attached hydrogens (primary N) is 1. The molecule has 1 aromatic heterocycles. The van der Waals surface area contributed by atoms with Crippen LogP contribution in [-0.2, 0) is 32.5 Å². The van der Waals surface area contributed by atoms with Gasteiger partial charge in [0.2, 0.25) is 11.8 Å². The van der Waals surface area contributed by atoms with Crippen LogP contribution in [0.1, 0.15) is 19.1 Å². The fraction of sp³-hybridized carbons (Fsp3) is 0.600. The van der Waals surface area contributed by atoms with Crippen molar-refractivity contribution in [2.45, 2.75) is 43.2 Å². The fourth-order valence-electron chi connectivity index (χ4n) is 3.25. The Labute approximate surface area is 190 Å². The second kappa shape index (κ2) is 9.91. The number of nitrogen functional groups attached to an aromatic ring is 1. The Bertz CT molecular complexity index is 1090. The van der Waals surface area contributed by atoms with E-state index in [4.69, 9.17) is 10.5 Å². The van der Waals surface area contributed by atoms with Crippen molar-refractivity contribution in [2.24, 2.45) is 0 Å². The molecule has 2 aliphatic heterocycles. The van der Waals surface area contributed by atoms with Crippen LogP contribution in [0, 0.1) is 0 Å². The quantitative estimate of drug-likeness (QED) is 0.140. The summed E-state index contributed by atoms with van der Waals surface area (Å²) >= 11 is 0. The van der Waals surface area contributed by atoms with Crippen LogP contribution in [0.5, 0.6) is 0 Å². The number of hydrogen-bond acceptors (Lipinski definition) is 12. The third-order valence-corrected chi connectivity index (χ3v) is 7.17. The van der Waals surface area contributed by atoms with Crippen molar-refractivity contribution in [3.63, 3.8) is 0 Å². The molecule has 34 heavy (non-hydrogen) atoms. The molecule has 2 fully saturated rings. The zero-order valence-corrected chi connectivity index (χ0v) is 19.0. The second-order valence-corrected chi connectivity index (χ2v) is 10.6. The molecule has 1 aromatic rings. The number of phosphoric ester groups is 1. The van der Waals surface area contributed by atoms with Crippen LogP contribution in [0.25, 0.3) is 0 Å². The highest BCUT2D eigenvalue weighted by Gasteiger charge is 2.47. The van der Waals surface area contributed by atoms with Crippen LogP contribution >= 0.6 is 15.4 Å². The maximum Gasteiger partial charge on any atom is 0.473 e. The Morgan fingerprint density at radius 2 is 1.76 bits per heavy atom. The van der Waals surface area contributed by atoms with Crippen LogP contribution in [-0.4, -0.2) is 88.5 Å². The number of anilines is 1. The molecule has 3 heterocycles. The Balaban J connectivity index is 1.66. The summed E-state index contributed by atoms with van der Waals surface area (Å²) in [7, 11) is -10.5. The van der Waals surface area contributed by atoms with Crippen LogP contribution in [0.4, 0.5) is 5.82 Å². The van der Waals surface area contributed by atoms with E-state index in [1.54, 1.807) is 0 Å². The molecule has 2 aliphatic rings. The number of rotatable bonds is 9. The van der Waals surface area contributed by atoms with Gasteiger partial charge >= 0.3 is 21.1 Å². The number of imide groups is 1. The van der Waals surface area contributed by atoms with Crippen LogP contribution in [0.2, 0.25) is 0 Å². The lowest BCUT2D eigenvalue weighted by Crippen LogP contribution is -2.37. The Hall–Kier alpha value is -2.04. The number of ether oxygens (including phenoxy) is 1. The van der Waals surface area contributed by atoms with E-state index in [9.17, 15) is 48.4 Å². The van der Waals surface area contributed by atoms with Crippen molar-refractivity contribution in [2.75, 3.05) is 18.9 Å². The predicted octanol–water partition coefficient (Wildman–Crippen LogP) is -2.77. The zero-order valence-electron chi connectivity index (χ0n) is 17.2. The number of likely N-dealkylation sites (tertiary alicyclic amines) is 1. The number of nitrogens with zero attached hydrogens (tertiary/aromatic N) is 3. The minimum Gasteiger partial charge on any atom is -0.387 e. The standard InChI is InChI=1S/C15H22N4O13P2/c16-8-3-4-18(15(24)17-8)14-13(23)12(22)7(31-14)6-30-34(28,29)32-11(33(25,26)27)5-19-9(20)1-2-10(19)21/h3-4,7,11-14,22-23H,1-2,5-6H2,(H,28,29)(H2,16,17,24)(H2,25,26,27)/t7-,11?,12-,13-,14-/m1/s1. The first-order valence-electron chi connectivity index (χ1n) is 9.60. The van der Waals surface area contributed by atoms with Crippen molar-refractivity contribution in [1.82, 2.24) is 14.5 Å². The summed E-state index contributed by atoms with van der Waals surface area (Å²) in [6, 6.07) is 1.22. The smallest absolute Gasteiger partial charge is 0.387 e. The van der Waals surface area contributed by atoms with Crippen molar-refractivity contribution >= 4 is 33.1 Å². The first-order chi connectivity index (χ1) is 15.7. The van der Waals surface area contributed by atoms with Crippen LogP contribution < -0.4 is 11.4 Å². The Morgan fingerprint density at radius 1 is 1.15 bits per heavy atom. The number of carbonyl (C=O) groups excluding carboxylic acids is 2. The first kappa shape index (κ1) is 26.6. The molecule has 0 aromatic carbocycles. The maximum atomic E-state index is 12.3. The highest BCUT2D eigenvalue weighted by atomic mass is 31.2. The Kier molecular flexibility index (Phi) is 7.74. The van der Waals surface area contributed by atoms with Gasteiger partial charge in [-0.05, 0) is 6.07 Å². The van der Waals surface area contributed by atoms with Crippen molar-refractivity contribution in [3.8, 4) is 0 Å². The summed E-state index contributed by atoms with van der Waals surface area (Å²) in [5.41, 5.74) is 4.47. The van der Waals surface area contributed by atoms with Gasteiger partial charge in [0.1, 0.15) is 24.1 Å². The number of aliphatic hydroxyl groups is 2. The van der Waals surface area contributed by atoms with E-state index in [0.29, 0.717) is 4.90 Å². The van der Waals surface area contributed by atoms with Gasteiger partial charge in [-0.15, -0.1) is 0 Å². The van der Waals surface area contributed by atoms with Gasteiger partial charge in [-0.25, -0.2) is 9.36 Å². The average molecular weight is 528 g/mol. The zero-order chi connectivity index (χ0) is 25.4. The van der Waals surface area contributed by atoms with Crippen molar-refractivity contribution in [1.29, 1.82) is 0 Å². The minimum absolute atomic E-state index is 0.107. The van der Waals surface area contributed by atoms with Gasteiger partial charge in [0.25, 0.3) is 0 Å². The minimum atomic E-state index is -5.26. The third kappa shape index (κ3) is 5.95. The van der Waals surface area contributed by atoms with E-state index in [1.165, 1.54) is 6.07 Å². The largest absolute Gasteiger partial charge is 0.473 e. The topological polar surface area (TPSA) is 261 Å². The van der Waals surface area contributed by atoms with Crippen molar-refractivity contribution in [3.05, 3.63) is 22.7 Å². The molecule has 0 bridgehead atoms. The van der Waals surface area contributed by atoms with E-state index in [2.05, 4.69) is 14.0 Å². The average Bonchev–Trinajstić information content (AvgIpc) is 3.19. The van der Waals surface area contributed by atoms with E-state index in [0.717, 1.165) is 10.8 Å². The molecule has 0 aliphatic carbocycles. The highest BCUT2D eigenvalue weighted by Crippen LogP contribution is 2.54. The molecule has 3 rings (SSSR count). The molecule has 6 atom stereocenters. The van der Waals surface area contributed by atoms with E-state index in [-0.39, 0.29) is 18.7 Å². The highest BCUT2D eigenvalue weighted by molar-refractivity contribution is 7.54. The summed E-state index contributed by atoms with van der Waals surface area (Å²) in [6.07, 6.45) is -5.58. The van der Waals surface area contributed by atoms with Gasteiger partial charge < -0.3 is 35.4 Å². The van der Waals surface area contributed by atoms with E-state index in [1.807, 2.05) is 0 Å². The maximum absolute atomic E-state index is 12.3. The molecule has 0 saturated carbocycles. The third-order valence-electron chi connectivity index (χ3n) is 4.99. The van der Waals surface area contributed by atoms with Gasteiger partial charge in [0.15, 0.2) is 12.1 Å². The summed E-state index contributed by atoms with van der Waals surface area (Å²) in [4.78, 5) is 68.1. The number of carbonyl (C=O) groups is 2. The monoisotopic (exact) mass is 528 g/mol. The second-order valence-electron chi connectivity index (χ2n) is 7.40. The summed E-state index contributed by atoms with van der Waals surface area (Å²) in [6.45, 7) is -1.92. The SMILES string of the molecule is Nc1ccn([C@@H]2O[C@H](COP(=O)(O)OC(CN3C(=O)CCC3=O)P(=O)(O)O)[C@@H](O)[C@H]2O)c(=O)n1. The van der Waals surface area contributed by atoms with Crippen LogP contribution in [0.3, 0.4) is 0 Å². The number of aliphatic hydroxyl groups excluding tert-OH is 2. The molecule has 2 unspecified atom stereocenters. The number of aromatic nitrogens is 2. The molecular formula is C15H22N4O13P2. The number of hydrogen-bond donors (Lipinski definition) is 6. The predicted molar refractivity (Wildman–Crippen MR) is 107 cm³/mol. The Morgan fingerprint density at radius 3 is 2.32 bits per heavy atom. The molecule has 2 saturated heterocycles. The van der Waals surface area contributed by atoms with Crippen molar-refractivity contribution < 1.29 is 57.4 Å². The number of phosphoric acid groups is 1. The summed E-state index contributed by atoms with van der Waals surface area (Å²) < 4.78 is 39.3. The molecule has 0 spiro atoms. The molecule has 190 valence electrons. The molecule has 0 radical (unpaired) electrons. The van der Waals surface area contributed by atoms with Gasteiger partial charge in [-0.1, -0.05) is 0 Å².